The molecule has 0 saturated carbocycles. The number of amides is 1. The van der Waals surface area contributed by atoms with Crippen molar-refractivity contribution in [2.75, 3.05) is 26.2 Å². The second-order valence-electron chi connectivity index (χ2n) is 8.91. The predicted octanol–water partition coefficient (Wildman–Crippen LogP) is 2.23. The molecule has 3 aromatic rings. The van der Waals surface area contributed by atoms with Gasteiger partial charge in [0.2, 0.25) is 0 Å². The highest BCUT2D eigenvalue weighted by molar-refractivity contribution is 7.89. The topological polar surface area (TPSA) is 80.4 Å². The predicted molar refractivity (Wildman–Crippen MR) is 117 cm³/mol. The van der Waals surface area contributed by atoms with Crippen LogP contribution in [-0.2, 0) is 24.1 Å². The Morgan fingerprint density at radius 2 is 1.77 bits per heavy atom. The summed E-state index contributed by atoms with van der Waals surface area (Å²) in [5.41, 5.74) is 1.69. The monoisotopic (exact) mass is 441 g/mol. The van der Waals surface area contributed by atoms with E-state index in [4.69, 9.17) is 0 Å². The summed E-state index contributed by atoms with van der Waals surface area (Å²) in [7, 11) is 0.124. The van der Waals surface area contributed by atoms with Crippen molar-refractivity contribution in [3.05, 3.63) is 48.5 Å². The van der Waals surface area contributed by atoms with Crippen molar-refractivity contribution in [2.45, 2.75) is 24.3 Å². The Balaban J connectivity index is 1.28. The van der Waals surface area contributed by atoms with E-state index in [0.717, 1.165) is 30.2 Å². The number of hydrogen-bond donors (Lipinski definition) is 0. The molecule has 2 saturated heterocycles. The lowest BCUT2D eigenvalue weighted by Gasteiger charge is -2.39. The van der Waals surface area contributed by atoms with Gasteiger partial charge in [0, 0.05) is 57.4 Å². The van der Waals surface area contributed by atoms with Crippen molar-refractivity contribution < 1.29 is 13.2 Å². The van der Waals surface area contributed by atoms with E-state index >= 15 is 0 Å². The van der Waals surface area contributed by atoms with Crippen LogP contribution in [0.3, 0.4) is 0 Å². The number of nitrogens with zero attached hydrogens (tertiary/aromatic N) is 5. The Kier molecular flexibility index (Phi) is 4.71. The third-order valence-corrected chi connectivity index (χ3v) is 8.70. The first-order chi connectivity index (χ1) is 14.8. The largest absolute Gasteiger partial charge is 0.340 e. The average molecular weight is 442 g/mol. The molecule has 0 radical (unpaired) electrons. The first-order valence-corrected chi connectivity index (χ1v) is 12.1. The number of imidazole rings is 1. The van der Waals surface area contributed by atoms with E-state index in [2.05, 4.69) is 4.98 Å². The number of likely N-dealkylation sites (tertiary alicyclic amines) is 1. The fourth-order valence-electron chi connectivity index (χ4n) is 5.00. The van der Waals surface area contributed by atoms with E-state index in [-0.39, 0.29) is 16.3 Å². The minimum Gasteiger partial charge on any atom is -0.340 e. The molecular weight excluding hydrogens is 414 g/mol. The minimum atomic E-state index is -3.57. The molecule has 0 atom stereocenters. The number of hydrogen-bond acceptors (Lipinski definition) is 4. The maximum atomic E-state index is 13.2. The third-order valence-electron chi connectivity index (χ3n) is 6.97. The maximum absolute atomic E-state index is 13.2. The van der Waals surface area contributed by atoms with E-state index in [9.17, 15) is 13.2 Å². The van der Waals surface area contributed by atoms with Gasteiger partial charge in [0.05, 0.1) is 6.33 Å². The summed E-state index contributed by atoms with van der Waals surface area (Å²) in [4.78, 5) is 19.1. The Hall–Kier alpha value is -2.65. The summed E-state index contributed by atoms with van der Waals surface area (Å²) in [6.45, 7) is 2.31. The first-order valence-electron chi connectivity index (χ1n) is 10.6. The lowest BCUT2D eigenvalue weighted by Crippen LogP contribution is -2.45. The molecule has 0 N–H and O–H groups in total. The van der Waals surface area contributed by atoms with Crippen LogP contribution in [0.2, 0.25) is 0 Å². The molecule has 1 aromatic carbocycles. The van der Waals surface area contributed by atoms with Gasteiger partial charge in [0.15, 0.2) is 5.03 Å². The molecule has 1 amide bonds. The lowest BCUT2D eigenvalue weighted by molar-refractivity contribution is 0.0591. The molecule has 1 spiro atoms. The molecule has 2 aliphatic heterocycles. The van der Waals surface area contributed by atoms with Crippen molar-refractivity contribution in [3.63, 3.8) is 0 Å². The summed E-state index contributed by atoms with van der Waals surface area (Å²) >= 11 is 0. The molecule has 2 aliphatic rings. The van der Waals surface area contributed by atoms with Gasteiger partial charge in [-0.25, -0.2) is 13.4 Å². The molecule has 2 fully saturated rings. The quantitative estimate of drug-likeness (QED) is 0.624. The van der Waals surface area contributed by atoms with Gasteiger partial charge in [-0.05, 0) is 36.8 Å². The zero-order valence-corrected chi connectivity index (χ0v) is 18.7. The number of rotatable bonds is 3. The van der Waals surface area contributed by atoms with Gasteiger partial charge in [-0.15, -0.1) is 0 Å². The van der Waals surface area contributed by atoms with Crippen LogP contribution in [0.15, 0.2) is 47.9 Å². The molecular formula is C22H27N5O3S. The van der Waals surface area contributed by atoms with Crippen LogP contribution in [0.1, 0.15) is 29.8 Å². The second kappa shape index (κ2) is 7.20. The SMILES string of the molecule is Cn1cnc(S(=O)(=O)N2CCC3(CCN(C(=O)c4cc5ccccc5n4C)CC3)C2)c1. The Bertz CT molecular complexity index is 1250. The van der Waals surface area contributed by atoms with Gasteiger partial charge < -0.3 is 14.0 Å². The highest BCUT2D eigenvalue weighted by Crippen LogP contribution is 2.42. The lowest BCUT2D eigenvalue weighted by atomic mass is 9.78. The van der Waals surface area contributed by atoms with Gasteiger partial charge in [-0.1, -0.05) is 18.2 Å². The molecule has 31 heavy (non-hydrogen) atoms. The molecule has 8 nitrogen and oxygen atoms in total. The highest BCUT2D eigenvalue weighted by atomic mass is 32.2. The zero-order chi connectivity index (χ0) is 21.8. The van der Waals surface area contributed by atoms with Crippen LogP contribution in [0, 0.1) is 5.41 Å². The van der Waals surface area contributed by atoms with Gasteiger partial charge in [-0.3, -0.25) is 4.79 Å². The van der Waals surface area contributed by atoms with Crippen molar-refractivity contribution in [2.24, 2.45) is 19.5 Å². The summed E-state index contributed by atoms with van der Waals surface area (Å²) in [6, 6.07) is 9.95. The number of piperidine rings is 1. The number of fused-ring (bicyclic) bond motifs is 1. The molecule has 0 aliphatic carbocycles. The van der Waals surface area contributed by atoms with Crippen LogP contribution in [0.25, 0.3) is 10.9 Å². The Morgan fingerprint density at radius 3 is 2.45 bits per heavy atom. The molecule has 164 valence electrons. The number of aryl methyl sites for hydroxylation is 2. The maximum Gasteiger partial charge on any atom is 0.270 e. The van der Waals surface area contributed by atoms with Crippen molar-refractivity contribution in [1.29, 1.82) is 0 Å². The number of sulfonamides is 1. The fraction of sp³-hybridized carbons (Fsp3) is 0.455. The van der Waals surface area contributed by atoms with Crippen molar-refractivity contribution >= 4 is 26.8 Å². The van der Waals surface area contributed by atoms with E-state index in [0.29, 0.717) is 31.9 Å². The van der Waals surface area contributed by atoms with Crippen molar-refractivity contribution in [1.82, 2.24) is 23.3 Å². The first kappa shape index (κ1) is 20.3. The average Bonchev–Trinajstić information content (AvgIpc) is 3.47. The molecule has 2 aromatic heterocycles. The zero-order valence-electron chi connectivity index (χ0n) is 17.9. The standard InChI is InChI=1S/C22H27N5O3S/c1-24-14-20(23-16-24)31(29,30)27-12-9-22(15-27)7-10-26(11-8-22)21(28)19-13-17-5-3-4-6-18(17)25(19)2/h3-6,13-14,16H,7-12,15H2,1-2H3. The molecule has 9 heteroatoms. The number of aromatic nitrogens is 3. The highest BCUT2D eigenvalue weighted by Gasteiger charge is 2.45. The van der Waals surface area contributed by atoms with E-state index in [1.54, 1.807) is 22.1 Å². The van der Waals surface area contributed by atoms with Gasteiger partial charge in [-0.2, -0.15) is 4.31 Å². The van der Waals surface area contributed by atoms with Gasteiger partial charge in [0.1, 0.15) is 5.69 Å². The smallest absolute Gasteiger partial charge is 0.270 e. The van der Waals surface area contributed by atoms with Gasteiger partial charge >= 0.3 is 0 Å². The van der Waals surface area contributed by atoms with Gasteiger partial charge in [0.25, 0.3) is 15.9 Å². The number of carbonyl (C=O) groups is 1. The van der Waals surface area contributed by atoms with E-state index in [1.165, 1.54) is 6.33 Å². The van der Waals surface area contributed by atoms with E-state index in [1.807, 2.05) is 46.8 Å². The van der Waals surface area contributed by atoms with Crippen LogP contribution < -0.4 is 0 Å². The Morgan fingerprint density at radius 1 is 1.06 bits per heavy atom. The van der Waals surface area contributed by atoms with Crippen molar-refractivity contribution in [3.8, 4) is 0 Å². The van der Waals surface area contributed by atoms with Crippen LogP contribution >= 0.6 is 0 Å². The van der Waals surface area contributed by atoms with Crippen LogP contribution in [0.5, 0.6) is 0 Å². The summed E-state index contributed by atoms with van der Waals surface area (Å²) in [6.07, 6.45) is 5.52. The van der Waals surface area contributed by atoms with Crippen LogP contribution in [-0.4, -0.2) is 63.8 Å². The Labute approximate surface area is 182 Å². The summed E-state index contributed by atoms with van der Waals surface area (Å²) < 4.78 is 31.0. The minimum absolute atomic E-state index is 0.0458. The molecule has 5 rings (SSSR count). The number of carbonyl (C=O) groups excluding carboxylic acids is 1. The number of para-hydroxylation sites is 1. The second-order valence-corrected chi connectivity index (χ2v) is 10.8. The molecule has 4 heterocycles. The van der Waals surface area contributed by atoms with E-state index < -0.39 is 10.0 Å². The fourth-order valence-corrected chi connectivity index (χ4v) is 6.52. The normalized spacial score (nSPS) is 19.5. The molecule has 0 unspecified atom stereocenters. The molecule has 0 bridgehead atoms. The summed E-state index contributed by atoms with van der Waals surface area (Å²) in [5.74, 6) is 0.0458. The summed E-state index contributed by atoms with van der Waals surface area (Å²) in [5, 5.41) is 1.17. The van der Waals surface area contributed by atoms with Crippen LogP contribution in [0.4, 0.5) is 0 Å². The third kappa shape index (κ3) is 3.36. The number of benzene rings is 1.